The van der Waals surface area contributed by atoms with E-state index in [0.717, 1.165) is 66.7 Å². The van der Waals surface area contributed by atoms with Crippen LogP contribution in [0.2, 0.25) is 0 Å². The van der Waals surface area contributed by atoms with Crippen molar-refractivity contribution in [1.82, 2.24) is 9.55 Å². The second-order valence-corrected chi connectivity index (χ2v) is 29.8. The molecule has 9 aromatic carbocycles. The molecule has 0 fully saturated rings. The monoisotopic (exact) mass is 2030 g/mol. The fraction of sp³-hybridized carbons (Fsp3) is 0.267. The van der Waals surface area contributed by atoms with E-state index in [1.807, 2.05) is 41.5 Å². The number of nitrogens with one attached hydrogen (secondary N) is 8. The number of hydrogen-bond acceptors (Lipinski definition) is 27. The number of imidazole rings is 1. The lowest BCUT2D eigenvalue weighted by Gasteiger charge is -2.19. The van der Waals surface area contributed by atoms with Crippen LogP contribution >= 0.6 is 11.6 Å². The van der Waals surface area contributed by atoms with Crippen molar-refractivity contribution in [2.24, 2.45) is 17.2 Å². The van der Waals surface area contributed by atoms with Crippen molar-refractivity contribution in [2.75, 3.05) is 114 Å². The average Bonchev–Trinajstić information content (AvgIpc) is 1.44. The first-order chi connectivity index (χ1) is 66.2. The molecule has 10 aromatic rings. The minimum absolute atomic E-state index is 0.0164. The van der Waals surface area contributed by atoms with Gasteiger partial charge in [0.2, 0.25) is 5.91 Å². The number of nitrogen functional groups attached to an aromatic ring is 4. The SMILES string of the molecule is CC(C)(C)OC(=O)Nc1ccc(N)cc1.CCOC(OCC)OCC.COc1ccc(C(F)(F)F)cc1N.COc1ccc(C(F)(F)F)cc1NC(=O)Nc1ccc(-n2cnc(C(N)=O)c2N)cc1.COc1ccc(C(F)(F)F)cc1NC(=O)Nc1ccc(N)cc1.COc1ccc(C(F)(F)F)cc1NC(=O)Nc1ccc(NC(=O)OC(C)(C)C)cc1.N#CC(N)C(N)=O.O=C(Cl)Oc1ccc([N+](=O)[O-])cc1. The number of nitriles is 1. The van der Waals surface area contributed by atoms with E-state index in [-0.39, 0.29) is 68.7 Å². The number of nitrogens with two attached hydrogens (primary N) is 7. The second kappa shape index (κ2) is 56.4. The van der Waals surface area contributed by atoms with Gasteiger partial charge in [0.05, 0.1) is 84.4 Å². The molecule has 1 heterocycles. The molecule has 1 atom stereocenters. The van der Waals surface area contributed by atoms with E-state index < -0.39 is 123 Å². The van der Waals surface area contributed by atoms with Crippen LogP contribution in [-0.2, 0) is 53.2 Å². The highest BCUT2D eigenvalue weighted by molar-refractivity contribution is 6.61. The zero-order chi connectivity index (χ0) is 107. The summed E-state index contributed by atoms with van der Waals surface area (Å²) in [6.45, 7) is 17.7. The van der Waals surface area contributed by atoms with E-state index in [1.54, 1.807) is 81.4 Å². The Morgan fingerprint density at radius 3 is 1.01 bits per heavy atom. The van der Waals surface area contributed by atoms with Gasteiger partial charge in [-0.15, -0.1) is 0 Å². The van der Waals surface area contributed by atoms with Gasteiger partial charge in [-0.05, 0) is 244 Å². The van der Waals surface area contributed by atoms with E-state index >= 15 is 0 Å². The van der Waals surface area contributed by atoms with Crippen LogP contribution in [0.5, 0.6) is 28.7 Å². The maximum absolute atomic E-state index is 12.9. The second-order valence-electron chi connectivity index (χ2n) is 29.5. The Bertz CT molecular complexity index is 5820. The first kappa shape index (κ1) is 120. The van der Waals surface area contributed by atoms with Crippen molar-refractivity contribution in [2.45, 2.75) is 111 Å². The minimum Gasteiger partial charge on any atom is -0.495 e. The van der Waals surface area contributed by atoms with Crippen molar-refractivity contribution in [3.8, 4) is 40.5 Å². The van der Waals surface area contributed by atoms with Gasteiger partial charge in [0.1, 0.15) is 52.1 Å². The summed E-state index contributed by atoms with van der Waals surface area (Å²) in [6, 6.07) is 39.9. The Morgan fingerprint density at radius 1 is 0.451 bits per heavy atom. The number of urea groups is 3. The predicted octanol–water partition coefficient (Wildman–Crippen LogP) is 19.8. The molecule has 10 amide bonds. The number of nitro benzene ring substituents is 1. The van der Waals surface area contributed by atoms with Crippen LogP contribution in [0.1, 0.15) is 95.1 Å². The summed E-state index contributed by atoms with van der Waals surface area (Å²) in [5.41, 5.74) is 34.5. The van der Waals surface area contributed by atoms with Crippen LogP contribution in [0.3, 0.4) is 0 Å². The molecule has 52 heteroatoms. The van der Waals surface area contributed by atoms with E-state index in [0.29, 0.717) is 65.3 Å². The fourth-order valence-electron chi connectivity index (χ4n) is 10.1. The molecule has 22 N–H and O–H groups in total. The standard InChI is InChI=1S/C20H22F3N3O4.C19H17F3N6O3.C15H14F3N3O2.C11H16N2O2.C8H8F3NO.C7H4ClNO4.C7H16O3.C3H5N3O/c1-19(2,3)30-18(28)25-14-8-6-13(7-9-14)24-17(27)26-15-11-12(20(21,22)23)5-10-16(15)29-4;1-31-14-7-2-10(19(20,21)22)8-13(14)27-18(30)26-11-3-5-12(6-4-11)28-9-25-15(16(28)23)17(24)29;1-23-13-7-2-9(15(16,17)18)8-12(13)21-14(22)20-11-5-3-10(19)4-6-11;1-11(2,3)15-10(14)13-9-6-4-8(12)5-7-9;1-13-7-3-2-5(4-6(7)12)8(9,10)11;8-7(10)13-6-3-1-5(2-4-6)9(11)12;1-4-8-7(9-5-2)10-6-3;4-1-2(5)3(6)7/h5-11H,1-4H3,(H,25,28)(H2,24,26,27);2-9H,23H2,1H3,(H2,24,29)(H2,26,27,30);2-8H,19H2,1H3,(H2,20,21,22);4-7H,12H2,1-3H3,(H,13,14);2-4H,12H2,1H3;1-4H;7H,4-6H2,1-3H3;2H,5H2,(H2,6,7). The molecule has 1 aromatic heterocycles. The van der Waals surface area contributed by atoms with Crippen molar-refractivity contribution < 1.29 is 143 Å². The zero-order valence-corrected chi connectivity index (χ0v) is 78.5. The van der Waals surface area contributed by atoms with Crippen LogP contribution in [-0.4, -0.2) is 134 Å². The molecule has 0 bridgehead atoms. The van der Waals surface area contributed by atoms with Gasteiger partial charge in [-0.2, -0.15) is 57.9 Å². The molecule has 39 nitrogen and oxygen atoms in total. The average molecular weight is 2030 g/mol. The van der Waals surface area contributed by atoms with E-state index in [4.69, 9.17) is 93.9 Å². The lowest BCUT2D eigenvalue weighted by molar-refractivity contribution is -0.384. The third-order valence-electron chi connectivity index (χ3n) is 16.4. The van der Waals surface area contributed by atoms with Crippen LogP contribution in [0.4, 0.5) is 156 Å². The Kier molecular flexibility index (Phi) is 47.6. The number of benzene rings is 9. The highest BCUT2D eigenvalue weighted by Crippen LogP contribution is 2.40. The molecule has 768 valence electrons. The number of ether oxygens (including phenoxy) is 10. The van der Waals surface area contributed by atoms with Gasteiger partial charge in [-0.1, -0.05) is 0 Å². The van der Waals surface area contributed by atoms with Crippen LogP contribution in [0, 0.1) is 21.4 Å². The smallest absolute Gasteiger partial charge is 0.416 e. The lowest BCUT2D eigenvalue weighted by Crippen LogP contribution is -2.34. The van der Waals surface area contributed by atoms with Crippen LogP contribution in [0.25, 0.3) is 5.69 Å². The summed E-state index contributed by atoms with van der Waals surface area (Å²) in [5.74, 6) is -0.820. The molecule has 0 saturated carbocycles. The lowest BCUT2D eigenvalue weighted by atomic mass is 10.2. The third-order valence-corrected chi connectivity index (χ3v) is 16.5. The Balaban J connectivity index is 0.000000435. The molecule has 0 aliphatic carbocycles. The van der Waals surface area contributed by atoms with Crippen molar-refractivity contribution in [3.63, 3.8) is 0 Å². The van der Waals surface area contributed by atoms with Crippen molar-refractivity contribution in [3.05, 3.63) is 239 Å². The number of hydrogen-bond donors (Lipinski definition) is 15. The Hall–Kier alpha value is -16.5. The number of nitrogens with zero attached hydrogens (tertiary/aromatic N) is 4. The van der Waals surface area contributed by atoms with Gasteiger partial charge in [0, 0.05) is 89.1 Å². The quantitative estimate of drug-likeness (QED) is 0.00706. The summed E-state index contributed by atoms with van der Waals surface area (Å²) in [6.07, 6.45) is -17.8. The van der Waals surface area contributed by atoms with Gasteiger partial charge in [-0.3, -0.25) is 34.9 Å². The number of halogens is 13. The predicted molar refractivity (Wildman–Crippen MR) is 505 cm³/mol. The summed E-state index contributed by atoms with van der Waals surface area (Å²) in [7, 11) is 5.20. The molecule has 0 radical (unpaired) electrons. The maximum atomic E-state index is 12.9. The largest absolute Gasteiger partial charge is 0.495 e. The number of alkyl halides is 12. The van der Waals surface area contributed by atoms with Gasteiger partial charge >= 0.3 is 60.4 Å². The van der Waals surface area contributed by atoms with Gasteiger partial charge in [-0.25, -0.2) is 33.8 Å². The molecular weight excluding hydrogens is 1930 g/mol. The maximum Gasteiger partial charge on any atom is 0.416 e. The number of rotatable bonds is 23. The molecule has 142 heavy (non-hydrogen) atoms. The van der Waals surface area contributed by atoms with Crippen molar-refractivity contribution >= 4 is 133 Å². The molecule has 0 saturated heterocycles. The van der Waals surface area contributed by atoms with Crippen molar-refractivity contribution in [1.29, 1.82) is 5.26 Å². The molecule has 1 unspecified atom stereocenters. The molecule has 10 rings (SSSR count). The molecule has 0 aliphatic heterocycles. The van der Waals surface area contributed by atoms with E-state index in [9.17, 15) is 101 Å². The first-order valence-corrected chi connectivity index (χ1v) is 41.0. The van der Waals surface area contributed by atoms with Crippen LogP contribution < -0.4 is 106 Å². The van der Waals surface area contributed by atoms with E-state index in [1.165, 1.54) is 112 Å². The summed E-state index contributed by atoms with van der Waals surface area (Å²) in [5, 5.41) is 37.7. The van der Waals surface area contributed by atoms with E-state index in [2.05, 4.69) is 58.0 Å². The number of amides is 10. The number of primary amides is 2. The molecule has 0 aliphatic rings. The molecule has 0 spiro atoms. The Labute approximate surface area is 808 Å². The minimum atomic E-state index is -4.57. The van der Waals surface area contributed by atoms with Crippen LogP contribution in [0.15, 0.2) is 200 Å². The number of non-ortho nitro benzene ring substituents is 1. The third kappa shape index (κ3) is 44.8. The number of methoxy groups -OCH3 is 4. The summed E-state index contributed by atoms with van der Waals surface area (Å²) < 4.78 is 203. The topological polar surface area (TPSA) is 592 Å². The fourth-order valence-corrected chi connectivity index (χ4v) is 10.2. The van der Waals surface area contributed by atoms with Gasteiger partial charge in [0.25, 0.3) is 18.1 Å². The number of carbonyl (C=O) groups excluding carboxylic acids is 8. The van der Waals surface area contributed by atoms with Gasteiger partial charge < -0.3 is 119 Å². The Morgan fingerprint density at radius 2 is 0.754 bits per heavy atom. The first-order valence-electron chi connectivity index (χ1n) is 40.7. The highest BCUT2D eigenvalue weighted by Gasteiger charge is 2.35. The zero-order valence-electron chi connectivity index (χ0n) is 77.7. The number of nitro groups is 1. The summed E-state index contributed by atoms with van der Waals surface area (Å²) in [4.78, 5) is 104. The highest BCUT2D eigenvalue weighted by atomic mass is 35.5. The number of anilines is 12. The molecular formula is C90H102ClF12N19O20. The summed E-state index contributed by atoms with van der Waals surface area (Å²) >= 11 is 4.92. The number of carbonyl (C=O) groups is 8. The normalized spacial score (nSPS) is 11.0. The van der Waals surface area contributed by atoms with Gasteiger partial charge in [0.15, 0.2) is 11.7 Å². The number of aromatic nitrogens is 2.